The quantitative estimate of drug-likeness (QED) is 0.305. The van der Waals surface area contributed by atoms with Gasteiger partial charge in [-0.3, -0.25) is 10.2 Å². The molecule has 0 radical (unpaired) electrons. The minimum absolute atomic E-state index is 0.00901. The first-order valence-electron chi connectivity index (χ1n) is 17.4. The third-order valence-corrected chi connectivity index (χ3v) is 13.7. The molecule has 6 aliphatic rings. The number of nitrogens with zero attached hydrogens (tertiary/aromatic N) is 1. The van der Waals surface area contributed by atoms with Crippen LogP contribution in [-0.4, -0.2) is 96.2 Å². The number of piperidine rings is 1. The Morgan fingerprint density at radius 3 is 2.56 bits per heavy atom. The van der Waals surface area contributed by atoms with E-state index in [1.807, 2.05) is 6.07 Å². The largest absolute Gasteiger partial charge is 0.504 e. The molecule has 6 fully saturated rings. The van der Waals surface area contributed by atoms with Crippen LogP contribution in [0.3, 0.4) is 0 Å². The third-order valence-electron chi connectivity index (χ3n) is 13.7. The molecule has 12 unspecified atom stereocenters. The minimum atomic E-state index is -0.831. The zero-order chi connectivity index (χ0) is 33.6. The molecule has 12 atom stereocenters. The number of ether oxygens (including phenoxy) is 4. The number of aliphatic hydroxyl groups is 2. The number of fused-ring (bicyclic) bond motifs is 2. The molecular weight excluding hydrogens is 616 g/mol. The van der Waals surface area contributed by atoms with Crippen LogP contribution >= 0.6 is 0 Å². The van der Waals surface area contributed by atoms with Crippen LogP contribution in [0.25, 0.3) is 0 Å². The number of phenols is 1. The highest BCUT2D eigenvalue weighted by atomic mass is 16.5. The number of aromatic hydroxyl groups is 1. The molecule has 1 saturated heterocycles. The Morgan fingerprint density at radius 1 is 1.04 bits per heavy atom. The van der Waals surface area contributed by atoms with Crippen LogP contribution in [0.15, 0.2) is 48.5 Å². The van der Waals surface area contributed by atoms with Crippen LogP contribution in [0, 0.1) is 40.4 Å². The molecule has 4 N–H and O–H groups in total. The summed E-state index contributed by atoms with van der Waals surface area (Å²) >= 11 is 0. The van der Waals surface area contributed by atoms with Gasteiger partial charge in [-0.25, -0.2) is 9.59 Å². The highest BCUT2D eigenvalue weighted by molar-refractivity contribution is 5.99. The summed E-state index contributed by atoms with van der Waals surface area (Å²) in [5.74, 6) is -0.503. The van der Waals surface area contributed by atoms with Crippen molar-refractivity contribution in [3.05, 3.63) is 54.1 Å². The summed E-state index contributed by atoms with van der Waals surface area (Å²) < 4.78 is 24.2. The van der Waals surface area contributed by atoms with Crippen LogP contribution in [0.5, 0.6) is 11.5 Å². The standard InChI is InChI=1S/C37H46N2O9/c1-4-39-18-35(19-47-33(43)20-9-5-6-10-24(20)38-34(44)46-3)14-13-29(41)37-22-15-21-27(45-2)17-36(30(22)31(21)42,23(32(37)39)16-28(35)37)48-26-12-8-7-11-25(26)40/h5-12,21-23,27-32,40-42H,4,13-19H2,1-3H3,(H,38,44). The lowest BCUT2D eigenvalue weighted by Crippen LogP contribution is -2.77. The fourth-order valence-electron chi connectivity index (χ4n) is 12.2. The number of rotatable bonds is 8. The first kappa shape index (κ1) is 31.9. The lowest BCUT2D eigenvalue weighted by Gasteiger charge is -2.69. The summed E-state index contributed by atoms with van der Waals surface area (Å²) in [6, 6.07) is 13.8. The smallest absolute Gasteiger partial charge is 0.411 e. The van der Waals surface area contributed by atoms with Crippen molar-refractivity contribution in [1.29, 1.82) is 0 Å². The van der Waals surface area contributed by atoms with Gasteiger partial charge in [0.05, 0.1) is 43.3 Å². The lowest BCUT2D eigenvalue weighted by molar-refractivity contribution is -0.266. The highest BCUT2D eigenvalue weighted by Crippen LogP contribution is 2.79. The van der Waals surface area contributed by atoms with E-state index in [0.717, 1.165) is 13.0 Å². The predicted octanol–water partition coefficient (Wildman–Crippen LogP) is 4.06. The Balaban J connectivity index is 1.20. The van der Waals surface area contributed by atoms with Crippen LogP contribution in [-0.2, 0) is 14.2 Å². The van der Waals surface area contributed by atoms with E-state index in [2.05, 4.69) is 17.1 Å². The molecule has 2 aromatic rings. The molecule has 8 rings (SSSR count). The molecule has 1 spiro atoms. The summed E-state index contributed by atoms with van der Waals surface area (Å²) in [7, 11) is 2.97. The number of hydrogen-bond acceptors (Lipinski definition) is 10. The van der Waals surface area contributed by atoms with Crippen LogP contribution in [0.2, 0.25) is 0 Å². The molecule has 7 bridgehead atoms. The van der Waals surface area contributed by atoms with Crippen LogP contribution in [0.1, 0.15) is 49.4 Å². The Labute approximate surface area is 280 Å². The number of anilines is 1. The number of nitrogens with one attached hydrogen (secondary N) is 1. The summed E-state index contributed by atoms with van der Waals surface area (Å²) in [5.41, 5.74) is -1.23. The van der Waals surface area contributed by atoms with Gasteiger partial charge in [-0.1, -0.05) is 31.2 Å². The van der Waals surface area contributed by atoms with Crippen molar-refractivity contribution in [2.75, 3.05) is 39.2 Å². The topological polar surface area (TPSA) is 147 Å². The monoisotopic (exact) mass is 662 g/mol. The van der Waals surface area contributed by atoms with E-state index in [9.17, 15) is 24.9 Å². The van der Waals surface area contributed by atoms with Gasteiger partial charge >= 0.3 is 12.1 Å². The number of benzene rings is 2. The second-order valence-electron chi connectivity index (χ2n) is 15.1. The van der Waals surface area contributed by atoms with Gasteiger partial charge in [-0.2, -0.15) is 0 Å². The van der Waals surface area contributed by atoms with Gasteiger partial charge in [-0.15, -0.1) is 0 Å². The Kier molecular flexibility index (Phi) is 7.52. The number of carbonyl (C=O) groups excluding carboxylic acids is 2. The summed E-state index contributed by atoms with van der Waals surface area (Å²) in [4.78, 5) is 28.2. The van der Waals surface area contributed by atoms with E-state index in [1.165, 1.54) is 7.11 Å². The van der Waals surface area contributed by atoms with Crippen molar-refractivity contribution in [3.63, 3.8) is 0 Å². The van der Waals surface area contributed by atoms with Gasteiger partial charge in [0.15, 0.2) is 11.5 Å². The lowest BCUT2D eigenvalue weighted by atomic mass is 9.43. The van der Waals surface area contributed by atoms with E-state index < -0.39 is 40.7 Å². The zero-order valence-corrected chi connectivity index (χ0v) is 27.7. The van der Waals surface area contributed by atoms with Gasteiger partial charge in [0, 0.05) is 54.7 Å². The van der Waals surface area contributed by atoms with Gasteiger partial charge in [0.25, 0.3) is 0 Å². The molecule has 1 heterocycles. The zero-order valence-electron chi connectivity index (χ0n) is 27.7. The van der Waals surface area contributed by atoms with Crippen LogP contribution < -0.4 is 10.1 Å². The van der Waals surface area contributed by atoms with Crippen molar-refractivity contribution >= 4 is 17.7 Å². The number of para-hydroxylation sites is 3. The Morgan fingerprint density at radius 2 is 1.81 bits per heavy atom. The SMILES string of the molecule is CCN1CC2(COC(=O)c3ccccc3NC(=O)OC)CCC(O)C34C5CC6C(OC)CC(Oc7ccccc7O)(C(CC23)C14)C5C6O. The molecule has 258 valence electrons. The number of phenolic OH excluding ortho intramolecular Hbond substituents is 1. The van der Waals surface area contributed by atoms with Crippen molar-refractivity contribution in [2.24, 2.45) is 40.4 Å². The predicted molar refractivity (Wildman–Crippen MR) is 173 cm³/mol. The van der Waals surface area contributed by atoms with E-state index in [0.29, 0.717) is 43.7 Å². The second-order valence-corrected chi connectivity index (χ2v) is 15.1. The van der Waals surface area contributed by atoms with Gasteiger partial charge in [0.2, 0.25) is 0 Å². The highest BCUT2D eigenvalue weighted by Gasteiger charge is 2.84. The fraction of sp³-hybridized carbons (Fsp3) is 0.622. The molecule has 11 heteroatoms. The minimum Gasteiger partial charge on any atom is -0.504 e. The fourth-order valence-corrected chi connectivity index (χ4v) is 12.2. The molecule has 1 amide bonds. The molecule has 5 saturated carbocycles. The number of hydrogen-bond donors (Lipinski definition) is 4. The van der Waals surface area contributed by atoms with Crippen molar-refractivity contribution < 1.29 is 43.9 Å². The van der Waals surface area contributed by atoms with Crippen molar-refractivity contribution in [1.82, 2.24) is 4.90 Å². The van der Waals surface area contributed by atoms with Gasteiger partial charge < -0.3 is 34.3 Å². The van der Waals surface area contributed by atoms with E-state index in [4.69, 9.17) is 18.9 Å². The van der Waals surface area contributed by atoms with Crippen molar-refractivity contribution in [2.45, 2.75) is 69.0 Å². The van der Waals surface area contributed by atoms with E-state index in [-0.39, 0.29) is 59.7 Å². The molecular formula is C37H46N2O9. The maximum atomic E-state index is 13.7. The first-order chi connectivity index (χ1) is 23.1. The number of aliphatic hydroxyl groups excluding tert-OH is 2. The maximum absolute atomic E-state index is 13.7. The van der Waals surface area contributed by atoms with Gasteiger partial charge in [-0.05, 0) is 68.3 Å². The first-order valence-corrected chi connectivity index (χ1v) is 17.4. The normalized spacial score (nSPS) is 41.8. The van der Waals surface area contributed by atoms with Crippen LogP contribution in [0.4, 0.5) is 10.5 Å². The Hall–Kier alpha value is -3.38. The summed E-state index contributed by atoms with van der Waals surface area (Å²) in [6.07, 6.45) is 1.17. The molecule has 1 aliphatic heterocycles. The summed E-state index contributed by atoms with van der Waals surface area (Å²) in [5, 5.41) is 38.0. The van der Waals surface area contributed by atoms with E-state index in [1.54, 1.807) is 49.6 Å². The van der Waals surface area contributed by atoms with E-state index >= 15 is 0 Å². The average Bonchev–Trinajstić information content (AvgIpc) is 3.51. The van der Waals surface area contributed by atoms with Gasteiger partial charge in [0.1, 0.15) is 5.60 Å². The maximum Gasteiger partial charge on any atom is 0.411 e. The molecule has 5 aliphatic carbocycles. The molecule has 48 heavy (non-hydrogen) atoms. The third kappa shape index (κ3) is 4.13. The number of methoxy groups -OCH3 is 2. The second kappa shape index (κ2) is 11.3. The number of carbonyl (C=O) groups is 2. The average molecular weight is 663 g/mol. The number of likely N-dealkylation sites (tertiary alicyclic amines) is 1. The number of esters is 1. The Bertz CT molecular complexity index is 1600. The van der Waals surface area contributed by atoms with Crippen molar-refractivity contribution in [3.8, 4) is 11.5 Å². The molecule has 11 nitrogen and oxygen atoms in total. The molecule has 0 aromatic heterocycles. The summed E-state index contributed by atoms with van der Waals surface area (Å²) in [6.45, 7) is 3.77. The molecule has 2 aromatic carbocycles. The number of amides is 1.